The first-order valence-corrected chi connectivity index (χ1v) is 10.0. The zero-order valence-corrected chi connectivity index (χ0v) is 16.1. The maximum absolute atomic E-state index is 12.5. The number of nitrogens with zero attached hydrogens (tertiary/aromatic N) is 1. The molecule has 0 spiro atoms. The summed E-state index contributed by atoms with van der Waals surface area (Å²) in [5, 5.41) is 2.75. The molecule has 27 heavy (non-hydrogen) atoms. The lowest BCUT2D eigenvalue weighted by atomic mass is 10.1. The van der Waals surface area contributed by atoms with Crippen LogP contribution in [0.4, 0.5) is 0 Å². The third kappa shape index (κ3) is 4.93. The van der Waals surface area contributed by atoms with E-state index >= 15 is 0 Å². The molecule has 0 heterocycles. The van der Waals surface area contributed by atoms with E-state index in [9.17, 15) is 18.0 Å². The van der Waals surface area contributed by atoms with Crippen molar-refractivity contribution in [1.82, 2.24) is 9.62 Å². The molecule has 0 aliphatic rings. The van der Waals surface area contributed by atoms with Gasteiger partial charge >= 0.3 is 0 Å². The van der Waals surface area contributed by atoms with Crippen molar-refractivity contribution in [2.75, 3.05) is 13.1 Å². The molecule has 0 bridgehead atoms. The van der Waals surface area contributed by atoms with Crippen molar-refractivity contribution in [3.8, 4) is 0 Å². The molecule has 0 saturated heterocycles. The number of benzene rings is 2. The van der Waals surface area contributed by atoms with Gasteiger partial charge in [0.1, 0.15) is 0 Å². The first-order valence-electron chi connectivity index (χ1n) is 8.56. The summed E-state index contributed by atoms with van der Waals surface area (Å²) in [7, 11) is -3.50. The quantitative estimate of drug-likeness (QED) is 0.717. The number of nitrogens with two attached hydrogens (primary N) is 1. The molecule has 3 N–H and O–H groups in total. The maximum Gasteiger partial charge on any atom is 0.251 e. The van der Waals surface area contributed by atoms with Gasteiger partial charge in [-0.05, 0) is 42.0 Å². The van der Waals surface area contributed by atoms with E-state index in [1.54, 1.807) is 26.0 Å². The van der Waals surface area contributed by atoms with E-state index in [-0.39, 0.29) is 17.3 Å². The van der Waals surface area contributed by atoms with Crippen molar-refractivity contribution < 1.29 is 18.0 Å². The molecule has 0 aromatic heterocycles. The highest BCUT2D eigenvalue weighted by Gasteiger charge is 2.21. The van der Waals surface area contributed by atoms with Crippen molar-refractivity contribution in [2.24, 2.45) is 5.73 Å². The summed E-state index contributed by atoms with van der Waals surface area (Å²) in [6.07, 6.45) is 0. The third-order valence-corrected chi connectivity index (χ3v) is 6.22. The molecule has 0 radical (unpaired) electrons. The molecule has 8 heteroatoms. The van der Waals surface area contributed by atoms with E-state index < -0.39 is 15.9 Å². The molecule has 0 aliphatic heterocycles. The number of nitrogens with one attached hydrogen (secondary N) is 1. The zero-order chi connectivity index (χ0) is 20.0. The van der Waals surface area contributed by atoms with E-state index in [4.69, 9.17) is 5.73 Å². The molecule has 2 rings (SSSR count). The molecule has 0 aliphatic carbocycles. The highest BCUT2D eigenvalue weighted by molar-refractivity contribution is 7.89. The summed E-state index contributed by atoms with van der Waals surface area (Å²) < 4.78 is 26.3. The number of amides is 2. The molecule has 2 aromatic rings. The maximum atomic E-state index is 12.5. The van der Waals surface area contributed by atoms with Gasteiger partial charge in [-0.25, -0.2) is 8.42 Å². The van der Waals surface area contributed by atoms with E-state index in [1.165, 1.54) is 40.7 Å². The first-order chi connectivity index (χ1) is 12.8. The minimum atomic E-state index is -3.50. The molecule has 0 atom stereocenters. The number of carbonyl (C=O) groups is 2. The van der Waals surface area contributed by atoms with Gasteiger partial charge in [0.05, 0.1) is 4.90 Å². The van der Waals surface area contributed by atoms with Crippen molar-refractivity contribution in [1.29, 1.82) is 0 Å². The Morgan fingerprint density at radius 3 is 1.93 bits per heavy atom. The van der Waals surface area contributed by atoms with Crippen LogP contribution in [0.3, 0.4) is 0 Å². The van der Waals surface area contributed by atoms with Crippen LogP contribution in [-0.2, 0) is 16.6 Å². The highest BCUT2D eigenvalue weighted by Crippen LogP contribution is 2.16. The SMILES string of the molecule is CCN(CC)S(=O)(=O)c1ccc(CNC(=O)c2ccc(C(N)=O)cc2)cc1. The minimum absolute atomic E-state index is 0.225. The monoisotopic (exact) mass is 389 g/mol. The van der Waals surface area contributed by atoms with Gasteiger partial charge in [0.15, 0.2) is 0 Å². The van der Waals surface area contributed by atoms with Gasteiger partial charge < -0.3 is 11.1 Å². The Balaban J connectivity index is 2.02. The summed E-state index contributed by atoms with van der Waals surface area (Å²) >= 11 is 0. The molecular weight excluding hydrogens is 366 g/mol. The first kappa shape index (κ1) is 20.6. The second-order valence-electron chi connectivity index (χ2n) is 5.86. The van der Waals surface area contributed by atoms with Crippen LogP contribution in [0.15, 0.2) is 53.4 Å². The van der Waals surface area contributed by atoms with Crippen LogP contribution < -0.4 is 11.1 Å². The number of hydrogen-bond donors (Lipinski definition) is 2. The second kappa shape index (κ2) is 8.79. The molecule has 144 valence electrons. The van der Waals surface area contributed by atoms with Crippen molar-refractivity contribution >= 4 is 21.8 Å². The van der Waals surface area contributed by atoms with Gasteiger partial charge in [-0.3, -0.25) is 9.59 Å². The Kier molecular flexibility index (Phi) is 6.70. The van der Waals surface area contributed by atoms with E-state index in [1.807, 2.05) is 0 Å². The molecule has 7 nitrogen and oxygen atoms in total. The van der Waals surface area contributed by atoms with Crippen molar-refractivity contribution in [2.45, 2.75) is 25.3 Å². The summed E-state index contributed by atoms with van der Waals surface area (Å²) in [6.45, 7) is 4.65. The van der Waals surface area contributed by atoms with E-state index in [0.717, 1.165) is 5.56 Å². The number of primary amides is 1. The van der Waals surface area contributed by atoms with Gasteiger partial charge in [-0.1, -0.05) is 26.0 Å². The second-order valence-corrected chi connectivity index (χ2v) is 7.80. The van der Waals surface area contributed by atoms with Gasteiger partial charge in [0, 0.05) is 30.8 Å². The van der Waals surface area contributed by atoms with Crippen LogP contribution in [0.5, 0.6) is 0 Å². The third-order valence-electron chi connectivity index (χ3n) is 4.15. The van der Waals surface area contributed by atoms with Gasteiger partial charge in [0.2, 0.25) is 15.9 Å². The van der Waals surface area contributed by atoms with Crippen molar-refractivity contribution in [3.63, 3.8) is 0 Å². The summed E-state index contributed by atoms with van der Waals surface area (Å²) in [4.78, 5) is 23.4. The van der Waals surface area contributed by atoms with Gasteiger partial charge in [0.25, 0.3) is 5.91 Å². The number of sulfonamides is 1. The standard InChI is InChI=1S/C19H23N3O4S/c1-3-22(4-2)27(25,26)17-11-5-14(6-12-17)13-21-19(24)16-9-7-15(8-10-16)18(20)23/h5-12H,3-4,13H2,1-2H3,(H2,20,23)(H,21,24). The van der Waals surface area contributed by atoms with E-state index in [2.05, 4.69) is 5.32 Å². The fourth-order valence-electron chi connectivity index (χ4n) is 2.56. The largest absolute Gasteiger partial charge is 0.366 e. The smallest absolute Gasteiger partial charge is 0.251 e. The lowest BCUT2D eigenvalue weighted by molar-refractivity contribution is 0.0948. The highest BCUT2D eigenvalue weighted by atomic mass is 32.2. The zero-order valence-electron chi connectivity index (χ0n) is 15.3. The summed E-state index contributed by atoms with van der Waals surface area (Å²) in [5.41, 5.74) is 6.68. The predicted molar refractivity (Wildman–Crippen MR) is 103 cm³/mol. The Bertz CT molecular complexity index is 903. The van der Waals surface area contributed by atoms with E-state index in [0.29, 0.717) is 24.2 Å². The molecule has 0 saturated carbocycles. The molecule has 0 unspecified atom stereocenters. The van der Waals surface area contributed by atoms with Crippen LogP contribution in [0, 0.1) is 0 Å². The molecule has 0 fully saturated rings. The Hall–Kier alpha value is -2.71. The predicted octanol–water partition coefficient (Wildman–Crippen LogP) is 1.75. The average molecular weight is 389 g/mol. The lowest BCUT2D eigenvalue weighted by Crippen LogP contribution is -2.30. The number of carbonyl (C=O) groups excluding carboxylic acids is 2. The fraction of sp³-hybridized carbons (Fsp3) is 0.263. The molecule has 2 amide bonds. The molecular formula is C19H23N3O4S. The number of hydrogen-bond acceptors (Lipinski definition) is 4. The Labute approximate surface area is 159 Å². The lowest BCUT2D eigenvalue weighted by Gasteiger charge is -2.18. The van der Waals surface area contributed by atoms with Crippen molar-refractivity contribution in [3.05, 3.63) is 65.2 Å². The van der Waals surface area contributed by atoms with Crippen LogP contribution in [0.1, 0.15) is 40.1 Å². The van der Waals surface area contributed by atoms with Crippen LogP contribution >= 0.6 is 0 Å². The Morgan fingerprint density at radius 1 is 0.926 bits per heavy atom. The molecule has 2 aromatic carbocycles. The van der Waals surface area contributed by atoms with Crippen LogP contribution in [0.2, 0.25) is 0 Å². The summed E-state index contributed by atoms with van der Waals surface area (Å²) in [6, 6.07) is 12.5. The topological polar surface area (TPSA) is 110 Å². The normalized spacial score (nSPS) is 11.4. The average Bonchev–Trinajstić information content (AvgIpc) is 2.67. The number of rotatable bonds is 8. The minimum Gasteiger partial charge on any atom is -0.366 e. The van der Waals surface area contributed by atoms with Gasteiger partial charge in [-0.15, -0.1) is 0 Å². The van der Waals surface area contributed by atoms with Crippen LogP contribution in [0.25, 0.3) is 0 Å². The fourth-order valence-corrected chi connectivity index (χ4v) is 4.02. The van der Waals surface area contributed by atoms with Gasteiger partial charge in [-0.2, -0.15) is 4.31 Å². The van der Waals surface area contributed by atoms with Crippen LogP contribution in [-0.4, -0.2) is 37.6 Å². The Morgan fingerprint density at radius 2 is 1.44 bits per heavy atom. The summed E-state index contributed by atoms with van der Waals surface area (Å²) in [5.74, 6) is -0.854.